The van der Waals surface area contributed by atoms with Gasteiger partial charge in [-0.1, -0.05) is 0 Å². The van der Waals surface area contributed by atoms with Crippen molar-refractivity contribution in [3.63, 3.8) is 0 Å². The Kier molecular flexibility index (Phi) is 1.75. The van der Waals surface area contributed by atoms with Gasteiger partial charge in [0.25, 0.3) is 0 Å². The van der Waals surface area contributed by atoms with Crippen LogP contribution >= 0.6 is 0 Å². The van der Waals surface area contributed by atoms with Crippen LogP contribution in [0.5, 0.6) is 0 Å². The number of nitrogens with two attached hydrogens (primary N) is 1. The first-order chi connectivity index (χ1) is 4.34. The van der Waals surface area contributed by atoms with Crippen LogP contribution in [0.15, 0.2) is 22.3 Å². The minimum atomic E-state index is -0.111. The third-order valence-corrected chi connectivity index (χ3v) is 1.18. The lowest BCUT2D eigenvalue weighted by Gasteiger charge is -2.06. The van der Waals surface area contributed by atoms with E-state index in [1.807, 2.05) is 6.08 Å². The number of rotatable bonds is 0. The van der Waals surface area contributed by atoms with Crippen LogP contribution in [-0.2, 0) is 0 Å². The van der Waals surface area contributed by atoms with Crippen molar-refractivity contribution in [3.05, 3.63) is 12.3 Å². The molecule has 1 aliphatic rings. The van der Waals surface area contributed by atoms with Gasteiger partial charge >= 0.3 is 0 Å². The molecule has 0 fully saturated rings. The molecule has 0 aliphatic carbocycles. The zero-order valence-electron chi connectivity index (χ0n) is 5.28. The Morgan fingerprint density at radius 2 is 2.56 bits per heavy atom. The van der Waals surface area contributed by atoms with Gasteiger partial charge in [0.2, 0.25) is 0 Å². The Bertz CT molecular complexity index is 179. The van der Waals surface area contributed by atoms with Gasteiger partial charge in [-0.25, -0.2) is 0 Å². The summed E-state index contributed by atoms with van der Waals surface area (Å²) in [4.78, 5) is 7.79. The topological polar surface area (TPSA) is 50.7 Å². The maximum Gasteiger partial charge on any atom is 0.0825 e. The number of aliphatic imine (C=N–C) groups is 2. The molecule has 0 bridgehead atoms. The molecule has 0 spiro atoms. The molecule has 1 rings (SSSR count). The zero-order valence-corrected chi connectivity index (χ0v) is 5.28. The van der Waals surface area contributed by atoms with Crippen molar-refractivity contribution in [2.24, 2.45) is 15.7 Å². The van der Waals surface area contributed by atoms with E-state index in [2.05, 4.69) is 9.98 Å². The lowest BCUT2D eigenvalue weighted by Crippen LogP contribution is -2.31. The van der Waals surface area contributed by atoms with Crippen molar-refractivity contribution >= 4 is 11.9 Å². The van der Waals surface area contributed by atoms with E-state index in [9.17, 15) is 0 Å². The molecule has 0 radical (unpaired) electrons. The van der Waals surface area contributed by atoms with Crippen LogP contribution in [0.25, 0.3) is 0 Å². The summed E-state index contributed by atoms with van der Waals surface area (Å²) >= 11 is 0. The van der Waals surface area contributed by atoms with Crippen molar-refractivity contribution in [3.8, 4) is 0 Å². The first kappa shape index (κ1) is 6.16. The molecule has 0 aromatic carbocycles. The van der Waals surface area contributed by atoms with Gasteiger partial charge in [0.05, 0.1) is 11.8 Å². The Morgan fingerprint density at radius 3 is 3.00 bits per heavy atom. The zero-order chi connectivity index (χ0) is 6.69. The standard InChI is InChI=1S/C6H9N3/c1-8-6-2-3-9-4-5(6)7/h2-5H,7H2,1H3. The highest BCUT2D eigenvalue weighted by molar-refractivity contribution is 6.10. The van der Waals surface area contributed by atoms with Gasteiger partial charge in [0, 0.05) is 19.5 Å². The predicted molar refractivity (Wildman–Crippen MR) is 39.0 cm³/mol. The van der Waals surface area contributed by atoms with Crippen molar-refractivity contribution in [2.75, 3.05) is 7.05 Å². The van der Waals surface area contributed by atoms with E-state index >= 15 is 0 Å². The first-order valence-electron chi connectivity index (χ1n) is 2.76. The molecule has 0 aromatic rings. The SMILES string of the molecule is CN=C1C=CN=CC1N. The molecule has 9 heavy (non-hydrogen) atoms. The molecule has 2 N–H and O–H groups in total. The van der Waals surface area contributed by atoms with Gasteiger partial charge in [0.1, 0.15) is 0 Å². The van der Waals surface area contributed by atoms with Crippen molar-refractivity contribution in [1.82, 2.24) is 0 Å². The summed E-state index contributed by atoms with van der Waals surface area (Å²) in [5.41, 5.74) is 6.44. The average Bonchev–Trinajstić information content (AvgIpc) is 1.89. The Morgan fingerprint density at radius 1 is 1.78 bits per heavy atom. The first-order valence-corrected chi connectivity index (χ1v) is 2.76. The van der Waals surface area contributed by atoms with Gasteiger partial charge < -0.3 is 5.73 Å². The Hall–Kier alpha value is -0.960. The van der Waals surface area contributed by atoms with Crippen LogP contribution in [0, 0.1) is 0 Å². The van der Waals surface area contributed by atoms with Crippen LogP contribution in [0.3, 0.4) is 0 Å². The lowest BCUT2D eigenvalue weighted by molar-refractivity contribution is 1.13. The molecule has 1 aliphatic heterocycles. The van der Waals surface area contributed by atoms with Crippen LogP contribution < -0.4 is 5.73 Å². The second kappa shape index (κ2) is 2.55. The van der Waals surface area contributed by atoms with Crippen LogP contribution in [0.2, 0.25) is 0 Å². The summed E-state index contributed by atoms with van der Waals surface area (Å²) in [6.07, 6.45) is 5.17. The maximum absolute atomic E-state index is 5.56. The highest BCUT2D eigenvalue weighted by Gasteiger charge is 2.05. The van der Waals surface area contributed by atoms with Crippen LogP contribution in [0.4, 0.5) is 0 Å². The van der Waals surface area contributed by atoms with Gasteiger partial charge in [-0.05, 0) is 6.08 Å². The van der Waals surface area contributed by atoms with Crippen molar-refractivity contribution in [1.29, 1.82) is 0 Å². The molecule has 1 unspecified atom stereocenters. The molecule has 48 valence electrons. The third kappa shape index (κ3) is 1.23. The van der Waals surface area contributed by atoms with Gasteiger partial charge in [-0.2, -0.15) is 0 Å². The highest BCUT2D eigenvalue weighted by atomic mass is 14.8. The second-order valence-corrected chi connectivity index (χ2v) is 1.79. The maximum atomic E-state index is 5.56. The fraction of sp³-hybridized carbons (Fsp3) is 0.333. The molecule has 1 heterocycles. The van der Waals surface area contributed by atoms with Crippen LogP contribution in [0.1, 0.15) is 0 Å². The van der Waals surface area contributed by atoms with Crippen LogP contribution in [-0.4, -0.2) is 25.0 Å². The van der Waals surface area contributed by atoms with Crippen molar-refractivity contribution < 1.29 is 0 Å². The minimum Gasteiger partial charge on any atom is -0.318 e. The van der Waals surface area contributed by atoms with Gasteiger partial charge in [-0.15, -0.1) is 0 Å². The average molecular weight is 123 g/mol. The number of hydrogen-bond acceptors (Lipinski definition) is 3. The summed E-state index contributed by atoms with van der Waals surface area (Å²) in [6, 6.07) is -0.111. The smallest absolute Gasteiger partial charge is 0.0825 e. The number of hydrogen-bond donors (Lipinski definition) is 1. The molecular weight excluding hydrogens is 114 g/mol. The summed E-state index contributed by atoms with van der Waals surface area (Å²) in [5.74, 6) is 0. The molecule has 0 aromatic heterocycles. The van der Waals surface area contributed by atoms with E-state index in [-0.39, 0.29) is 6.04 Å². The van der Waals surface area contributed by atoms with E-state index in [1.54, 1.807) is 19.5 Å². The van der Waals surface area contributed by atoms with Gasteiger partial charge in [0.15, 0.2) is 0 Å². The molecule has 1 atom stereocenters. The summed E-state index contributed by atoms with van der Waals surface area (Å²) in [7, 11) is 1.72. The molecule has 3 nitrogen and oxygen atoms in total. The normalized spacial score (nSPS) is 29.6. The quantitative estimate of drug-likeness (QED) is 0.483. The summed E-state index contributed by atoms with van der Waals surface area (Å²) in [6.45, 7) is 0. The molecule has 0 amide bonds. The van der Waals surface area contributed by atoms with E-state index in [1.165, 1.54) is 0 Å². The fourth-order valence-corrected chi connectivity index (χ4v) is 0.673. The molecular formula is C6H9N3. The van der Waals surface area contributed by atoms with E-state index < -0.39 is 0 Å². The summed E-state index contributed by atoms with van der Waals surface area (Å²) < 4.78 is 0. The molecule has 0 saturated heterocycles. The fourth-order valence-electron chi connectivity index (χ4n) is 0.673. The minimum absolute atomic E-state index is 0.111. The Labute approximate surface area is 54.0 Å². The highest BCUT2D eigenvalue weighted by Crippen LogP contribution is 1.92. The molecule has 0 saturated carbocycles. The van der Waals surface area contributed by atoms with Gasteiger partial charge in [-0.3, -0.25) is 9.98 Å². The lowest BCUT2D eigenvalue weighted by atomic mass is 10.2. The summed E-state index contributed by atoms with van der Waals surface area (Å²) in [5, 5.41) is 0. The second-order valence-electron chi connectivity index (χ2n) is 1.79. The van der Waals surface area contributed by atoms with Crippen molar-refractivity contribution in [2.45, 2.75) is 6.04 Å². The largest absolute Gasteiger partial charge is 0.318 e. The van der Waals surface area contributed by atoms with E-state index in [0.717, 1.165) is 5.71 Å². The molecule has 3 heteroatoms. The Balaban J connectivity index is 2.78. The predicted octanol–water partition coefficient (Wildman–Crippen LogP) is -0.0174. The third-order valence-electron chi connectivity index (χ3n) is 1.18. The van der Waals surface area contributed by atoms with E-state index in [4.69, 9.17) is 5.73 Å². The number of nitrogens with zero attached hydrogens (tertiary/aromatic N) is 2. The monoisotopic (exact) mass is 123 g/mol. The van der Waals surface area contributed by atoms with E-state index in [0.29, 0.717) is 0 Å².